The van der Waals surface area contributed by atoms with Crippen molar-refractivity contribution in [3.05, 3.63) is 65.7 Å². The maximum Gasteiger partial charge on any atom is 0.339 e. The number of hydrogen-bond acceptors (Lipinski definition) is 5. The summed E-state index contributed by atoms with van der Waals surface area (Å²) in [5.74, 6) is -0.258. The minimum atomic E-state index is -0.502. The first-order valence-electron chi connectivity index (χ1n) is 7.65. The molecule has 0 bridgehead atoms. The average molecular weight is 370 g/mol. The molecule has 0 aliphatic carbocycles. The van der Waals surface area contributed by atoms with Crippen molar-refractivity contribution < 1.29 is 19.1 Å². The predicted molar refractivity (Wildman–Crippen MR) is 104 cm³/mol. The number of rotatable bonds is 5. The second-order valence-electron chi connectivity index (χ2n) is 5.06. The summed E-state index contributed by atoms with van der Waals surface area (Å²) >= 11 is 5.12. The first-order chi connectivity index (χ1) is 12.5. The number of anilines is 1. The Kier molecular flexibility index (Phi) is 6.87. The molecule has 0 radical (unpaired) electrons. The Morgan fingerprint density at radius 2 is 1.73 bits per heavy atom. The minimum absolute atomic E-state index is 0.0658. The molecule has 2 aromatic carbocycles. The van der Waals surface area contributed by atoms with E-state index >= 15 is 0 Å². The molecule has 0 aromatic heterocycles. The van der Waals surface area contributed by atoms with E-state index in [0.29, 0.717) is 17.0 Å². The number of benzene rings is 2. The van der Waals surface area contributed by atoms with Gasteiger partial charge in [0.05, 0.1) is 25.5 Å². The number of nitrogens with one attached hydrogen (secondary N) is 2. The Hall–Kier alpha value is -3.19. The smallest absolute Gasteiger partial charge is 0.339 e. The number of methoxy groups -OCH3 is 2. The number of amides is 1. The van der Waals surface area contributed by atoms with Gasteiger partial charge in [0.2, 0.25) is 5.91 Å². The van der Waals surface area contributed by atoms with Crippen LogP contribution in [0.2, 0.25) is 0 Å². The number of ether oxygens (including phenoxy) is 2. The van der Waals surface area contributed by atoms with Crippen LogP contribution in [0.4, 0.5) is 5.69 Å². The van der Waals surface area contributed by atoms with E-state index in [1.807, 2.05) is 18.2 Å². The van der Waals surface area contributed by atoms with E-state index in [-0.39, 0.29) is 5.11 Å². The molecule has 1 amide bonds. The molecule has 0 heterocycles. The molecular formula is C19H18N2O4S. The van der Waals surface area contributed by atoms with Crippen LogP contribution in [0, 0.1) is 0 Å². The molecule has 2 N–H and O–H groups in total. The van der Waals surface area contributed by atoms with Crippen LogP contribution in [0.15, 0.2) is 54.6 Å². The third kappa shape index (κ3) is 5.15. The molecular weight excluding hydrogens is 352 g/mol. The fraction of sp³-hybridized carbons (Fsp3) is 0.105. The normalized spacial score (nSPS) is 10.2. The summed E-state index contributed by atoms with van der Waals surface area (Å²) in [5, 5.41) is 5.41. The topological polar surface area (TPSA) is 76.7 Å². The molecule has 134 valence electrons. The van der Waals surface area contributed by atoms with Gasteiger partial charge in [-0.25, -0.2) is 4.79 Å². The highest BCUT2D eigenvalue weighted by Crippen LogP contribution is 2.18. The highest BCUT2D eigenvalue weighted by Gasteiger charge is 2.12. The highest BCUT2D eigenvalue weighted by molar-refractivity contribution is 7.80. The lowest BCUT2D eigenvalue weighted by molar-refractivity contribution is -0.115. The van der Waals surface area contributed by atoms with Gasteiger partial charge in [-0.2, -0.15) is 0 Å². The van der Waals surface area contributed by atoms with E-state index in [1.54, 1.807) is 43.5 Å². The molecule has 0 atom stereocenters. The van der Waals surface area contributed by atoms with Crippen LogP contribution in [0.5, 0.6) is 5.75 Å². The van der Waals surface area contributed by atoms with Gasteiger partial charge in [-0.15, -0.1) is 0 Å². The molecule has 0 saturated carbocycles. The number of carbonyl (C=O) groups excluding carboxylic acids is 2. The second-order valence-corrected chi connectivity index (χ2v) is 5.46. The number of carbonyl (C=O) groups is 2. The fourth-order valence-electron chi connectivity index (χ4n) is 2.16. The van der Waals surface area contributed by atoms with Gasteiger partial charge in [0.1, 0.15) is 5.75 Å². The molecule has 2 aromatic rings. The van der Waals surface area contributed by atoms with E-state index in [4.69, 9.17) is 21.7 Å². The van der Waals surface area contributed by atoms with Crippen LogP contribution in [0.25, 0.3) is 6.08 Å². The molecule has 6 nitrogen and oxygen atoms in total. The largest absolute Gasteiger partial charge is 0.496 e. The monoisotopic (exact) mass is 370 g/mol. The molecule has 2 rings (SSSR count). The molecule has 7 heteroatoms. The summed E-state index contributed by atoms with van der Waals surface area (Å²) in [6, 6.07) is 14.0. The Bertz CT molecular complexity index is 849. The number of hydrogen-bond donors (Lipinski definition) is 2. The van der Waals surface area contributed by atoms with Crippen molar-refractivity contribution in [3.63, 3.8) is 0 Å². The van der Waals surface area contributed by atoms with Crippen molar-refractivity contribution in [2.24, 2.45) is 0 Å². The lowest BCUT2D eigenvalue weighted by Crippen LogP contribution is -2.33. The highest BCUT2D eigenvalue weighted by atomic mass is 32.1. The van der Waals surface area contributed by atoms with Crippen LogP contribution >= 0.6 is 12.2 Å². The van der Waals surface area contributed by atoms with E-state index < -0.39 is 11.9 Å². The number of thiocarbonyl (C=S) groups is 1. The zero-order valence-corrected chi connectivity index (χ0v) is 15.1. The predicted octanol–water partition coefficient (Wildman–Crippen LogP) is 3.01. The van der Waals surface area contributed by atoms with Gasteiger partial charge in [-0.3, -0.25) is 10.1 Å². The van der Waals surface area contributed by atoms with Gasteiger partial charge in [-0.05, 0) is 36.5 Å². The Morgan fingerprint density at radius 3 is 2.46 bits per heavy atom. The lowest BCUT2D eigenvalue weighted by Gasteiger charge is -2.11. The van der Waals surface area contributed by atoms with Crippen LogP contribution in [-0.4, -0.2) is 31.2 Å². The van der Waals surface area contributed by atoms with Crippen LogP contribution in [0.3, 0.4) is 0 Å². The molecule has 26 heavy (non-hydrogen) atoms. The van der Waals surface area contributed by atoms with Gasteiger partial charge in [-0.1, -0.05) is 30.3 Å². The van der Waals surface area contributed by atoms with Gasteiger partial charge in [0, 0.05) is 11.6 Å². The first-order valence-corrected chi connectivity index (χ1v) is 8.06. The summed E-state index contributed by atoms with van der Waals surface area (Å²) in [5.41, 5.74) is 1.52. The SMILES string of the molecule is COC(=O)c1ccccc1NC(=S)NC(=O)/C=C/c1ccccc1OC. The van der Waals surface area contributed by atoms with E-state index in [9.17, 15) is 9.59 Å². The van der Waals surface area contributed by atoms with Crippen molar-refractivity contribution in [1.82, 2.24) is 5.32 Å². The zero-order valence-electron chi connectivity index (χ0n) is 14.3. The number of esters is 1. The average Bonchev–Trinajstić information content (AvgIpc) is 2.66. The van der Waals surface area contributed by atoms with Crippen molar-refractivity contribution in [1.29, 1.82) is 0 Å². The Balaban J connectivity index is 2.01. The van der Waals surface area contributed by atoms with Crippen LogP contribution < -0.4 is 15.4 Å². The maximum absolute atomic E-state index is 12.0. The van der Waals surface area contributed by atoms with E-state index in [1.165, 1.54) is 13.2 Å². The zero-order chi connectivity index (χ0) is 18.9. The molecule has 0 aliphatic heterocycles. The quantitative estimate of drug-likeness (QED) is 0.479. The Morgan fingerprint density at radius 1 is 1.04 bits per heavy atom. The number of para-hydroxylation sites is 2. The fourth-order valence-corrected chi connectivity index (χ4v) is 2.37. The first kappa shape index (κ1) is 19.1. The summed E-state index contributed by atoms with van der Waals surface area (Å²) in [6.07, 6.45) is 2.97. The van der Waals surface area contributed by atoms with Crippen molar-refractivity contribution in [2.45, 2.75) is 0 Å². The molecule has 0 saturated heterocycles. The summed E-state index contributed by atoms with van der Waals surface area (Å²) in [4.78, 5) is 23.8. The van der Waals surface area contributed by atoms with Crippen molar-refractivity contribution in [2.75, 3.05) is 19.5 Å². The summed E-state index contributed by atoms with van der Waals surface area (Å²) < 4.78 is 9.94. The van der Waals surface area contributed by atoms with Gasteiger partial charge >= 0.3 is 5.97 Å². The Labute approximate surface area is 156 Å². The summed E-state index contributed by atoms with van der Waals surface area (Å²) in [6.45, 7) is 0. The standard InChI is InChI=1S/C19H18N2O4S/c1-24-16-10-6-3-7-13(16)11-12-17(22)21-19(26)20-15-9-5-4-8-14(15)18(23)25-2/h3-12H,1-2H3,(H2,20,21,22,26)/b12-11+. The molecule has 0 aliphatic rings. The van der Waals surface area contributed by atoms with Gasteiger partial charge < -0.3 is 14.8 Å². The van der Waals surface area contributed by atoms with E-state index in [2.05, 4.69) is 10.6 Å². The van der Waals surface area contributed by atoms with Crippen molar-refractivity contribution in [3.8, 4) is 5.75 Å². The van der Waals surface area contributed by atoms with Gasteiger partial charge in [0.15, 0.2) is 5.11 Å². The maximum atomic E-state index is 12.0. The van der Waals surface area contributed by atoms with Gasteiger partial charge in [0.25, 0.3) is 0 Å². The molecule has 0 fully saturated rings. The molecule has 0 unspecified atom stereocenters. The third-order valence-corrected chi connectivity index (χ3v) is 3.57. The second kappa shape index (κ2) is 9.33. The lowest BCUT2D eigenvalue weighted by atomic mass is 10.2. The molecule has 0 spiro atoms. The van der Waals surface area contributed by atoms with E-state index in [0.717, 1.165) is 5.56 Å². The van der Waals surface area contributed by atoms with Crippen LogP contribution in [0.1, 0.15) is 15.9 Å². The van der Waals surface area contributed by atoms with Crippen LogP contribution in [-0.2, 0) is 9.53 Å². The summed E-state index contributed by atoms with van der Waals surface area (Å²) in [7, 11) is 2.85. The van der Waals surface area contributed by atoms with Crippen molar-refractivity contribution >= 4 is 41.0 Å². The minimum Gasteiger partial charge on any atom is -0.496 e. The third-order valence-electron chi connectivity index (χ3n) is 3.37.